The quantitative estimate of drug-likeness (QED) is 0.0844. The Kier molecular flexibility index (Phi) is 15.1. The SMILES string of the molecule is CS(=O)(=O)N1CCC(C(=O)N[C@@H](CCOCCCC(=O)NCCCC#Cc2cccc3c2C(=O)N(C2CCC(=O)NC2=O)C3=O)C(=O)NC2NC(c3ccccc3)CS2)C1. The predicted octanol–water partition coefficient (Wildman–Crippen LogP) is 0.766. The van der Waals surface area contributed by atoms with Crippen molar-refractivity contribution in [2.75, 3.05) is 44.9 Å². The molecule has 0 saturated carbocycles. The zero-order valence-corrected chi connectivity index (χ0v) is 34.8. The Morgan fingerprint density at radius 2 is 1.80 bits per heavy atom. The lowest BCUT2D eigenvalue weighted by Gasteiger charge is -2.27. The van der Waals surface area contributed by atoms with E-state index >= 15 is 0 Å². The van der Waals surface area contributed by atoms with Gasteiger partial charge in [-0.1, -0.05) is 48.2 Å². The molecule has 4 aliphatic heterocycles. The highest BCUT2D eigenvalue weighted by Crippen LogP contribution is 2.30. The lowest BCUT2D eigenvalue weighted by molar-refractivity contribution is -0.136. The van der Waals surface area contributed by atoms with Crippen molar-refractivity contribution in [3.63, 3.8) is 0 Å². The van der Waals surface area contributed by atoms with Gasteiger partial charge in [0.1, 0.15) is 17.6 Å². The highest BCUT2D eigenvalue weighted by atomic mass is 32.2. The summed E-state index contributed by atoms with van der Waals surface area (Å²) in [6.07, 6.45) is 3.27. The summed E-state index contributed by atoms with van der Waals surface area (Å²) in [5.74, 6) is 2.78. The van der Waals surface area contributed by atoms with E-state index in [1.165, 1.54) is 10.4 Å². The third kappa shape index (κ3) is 11.4. The lowest BCUT2D eigenvalue weighted by Crippen LogP contribution is -2.54. The first kappa shape index (κ1) is 44.4. The number of amides is 7. The molecular formula is C41H49N7O10S2. The summed E-state index contributed by atoms with van der Waals surface area (Å²) in [6.45, 7) is 1.03. The van der Waals surface area contributed by atoms with E-state index in [2.05, 4.69) is 38.4 Å². The summed E-state index contributed by atoms with van der Waals surface area (Å²) in [6, 6.07) is 12.7. The van der Waals surface area contributed by atoms with Crippen LogP contribution in [0, 0.1) is 17.8 Å². The minimum atomic E-state index is -3.44. The average molecular weight is 864 g/mol. The van der Waals surface area contributed by atoms with Crippen LogP contribution in [0.5, 0.6) is 0 Å². The summed E-state index contributed by atoms with van der Waals surface area (Å²) >= 11 is 1.55. The number of thioether (sulfide) groups is 1. The number of benzene rings is 2. The second-order valence-electron chi connectivity index (χ2n) is 15.0. The number of nitrogens with zero attached hydrogens (tertiary/aromatic N) is 2. The van der Waals surface area contributed by atoms with Crippen LogP contribution in [0.3, 0.4) is 0 Å². The second kappa shape index (κ2) is 20.4. The minimum absolute atomic E-state index is 0.0269. The van der Waals surface area contributed by atoms with E-state index < -0.39 is 57.6 Å². The van der Waals surface area contributed by atoms with Crippen LogP contribution in [0.4, 0.5) is 0 Å². The van der Waals surface area contributed by atoms with Crippen molar-refractivity contribution in [3.8, 4) is 11.8 Å². The van der Waals surface area contributed by atoms with Gasteiger partial charge in [0.25, 0.3) is 11.8 Å². The number of unbranched alkanes of at least 4 members (excludes halogenated alkanes) is 1. The van der Waals surface area contributed by atoms with Gasteiger partial charge in [0.05, 0.1) is 23.3 Å². The molecule has 0 aromatic heterocycles. The van der Waals surface area contributed by atoms with Crippen LogP contribution < -0.4 is 26.6 Å². The minimum Gasteiger partial charge on any atom is -0.381 e. The number of carbonyl (C=O) groups excluding carboxylic acids is 7. The van der Waals surface area contributed by atoms with Crippen molar-refractivity contribution in [1.82, 2.24) is 35.8 Å². The maximum atomic E-state index is 13.5. The highest BCUT2D eigenvalue weighted by molar-refractivity contribution is 8.00. The van der Waals surface area contributed by atoms with Crippen LogP contribution in [0.15, 0.2) is 48.5 Å². The monoisotopic (exact) mass is 863 g/mol. The standard InChI is InChI=1S/C41H49N7O10S2/c1-60(56,57)47-21-18-28(24-47)36(51)43-30(37(52)46-41-44-31(25-59-41)26-10-4-2-5-11-26)19-23-58-22-9-15-33(49)42-20-7-3-6-12-27-13-8-14-29-35(27)40(55)48(39(29)54)32-16-17-34(50)45-38(32)53/h2,4-5,8,10-11,13-14,28,30-32,41,44H,3,7,9,15-25H2,1H3,(H,42,49)(H,43,51)(H,46,52)(H,45,50,53)/t28?,30-,31?,32?,41?/m0/s1. The van der Waals surface area contributed by atoms with E-state index in [1.54, 1.807) is 23.9 Å². The average Bonchev–Trinajstić information content (AvgIpc) is 3.97. The summed E-state index contributed by atoms with van der Waals surface area (Å²) in [7, 11) is -3.44. The Morgan fingerprint density at radius 3 is 2.55 bits per heavy atom. The molecule has 3 saturated heterocycles. The van der Waals surface area contributed by atoms with Gasteiger partial charge in [-0.2, -0.15) is 0 Å². The third-order valence-corrected chi connectivity index (χ3v) is 13.0. The first-order chi connectivity index (χ1) is 28.8. The van der Waals surface area contributed by atoms with Crippen LogP contribution >= 0.6 is 11.8 Å². The van der Waals surface area contributed by atoms with Crippen molar-refractivity contribution < 1.29 is 46.7 Å². The zero-order valence-electron chi connectivity index (χ0n) is 33.2. The number of imide groups is 2. The number of carbonyl (C=O) groups is 7. The van der Waals surface area contributed by atoms with E-state index in [4.69, 9.17) is 4.74 Å². The third-order valence-electron chi connectivity index (χ3n) is 10.6. The molecule has 17 nitrogen and oxygen atoms in total. The van der Waals surface area contributed by atoms with Crippen molar-refractivity contribution in [3.05, 3.63) is 70.8 Å². The number of piperidine rings is 1. The molecule has 4 heterocycles. The van der Waals surface area contributed by atoms with E-state index in [0.717, 1.165) is 22.5 Å². The lowest BCUT2D eigenvalue weighted by atomic mass is 10.0. The molecule has 2 aromatic carbocycles. The first-order valence-corrected chi connectivity index (χ1v) is 22.9. The van der Waals surface area contributed by atoms with Gasteiger partial charge in [-0.25, -0.2) is 12.7 Å². The molecule has 60 heavy (non-hydrogen) atoms. The molecule has 19 heteroatoms. The van der Waals surface area contributed by atoms with Crippen molar-refractivity contribution in [1.29, 1.82) is 0 Å². The Morgan fingerprint density at radius 1 is 1.00 bits per heavy atom. The molecule has 6 rings (SSSR count). The maximum Gasteiger partial charge on any atom is 0.263 e. The molecule has 0 radical (unpaired) electrons. The number of fused-ring (bicyclic) bond motifs is 1. The normalized spacial score (nSPS) is 22.1. The van der Waals surface area contributed by atoms with Crippen molar-refractivity contribution in [2.24, 2.45) is 5.92 Å². The number of hydrogen-bond acceptors (Lipinski definition) is 12. The highest BCUT2D eigenvalue weighted by Gasteiger charge is 2.45. The maximum absolute atomic E-state index is 13.5. The van der Waals surface area contributed by atoms with Crippen LogP contribution in [-0.2, 0) is 38.7 Å². The molecule has 4 aliphatic rings. The van der Waals surface area contributed by atoms with Crippen molar-refractivity contribution >= 4 is 63.1 Å². The van der Waals surface area contributed by atoms with Crippen LogP contribution in [-0.4, -0.2) is 121 Å². The van der Waals surface area contributed by atoms with Crippen LogP contribution in [0.25, 0.3) is 0 Å². The molecule has 4 unspecified atom stereocenters. The number of rotatable bonds is 17. The topological polar surface area (TPSA) is 229 Å². The fourth-order valence-electron chi connectivity index (χ4n) is 7.37. The van der Waals surface area contributed by atoms with Crippen LogP contribution in [0.2, 0.25) is 0 Å². The Labute approximate surface area is 352 Å². The van der Waals surface area contributed by atoms with E-state index in [-0.39, 0.29) is 86.5 Å². The molecule has 5 atom stereocenters. The van der Waals surface area contributed by atoms with Gasteiger partial charge in [-0.05, 0) is 49.8 Å². The molecule has 0 aliphatic carbocycles. The molecule has 2 aromatic rings. The molecule has 7 amide bonds. The number of sulfonamides is 1. The number of ether oxygens (including phenoxy) is 1. The van der Waals surface area contributed by atoms with Crippen LogP contribution in [0.1, 0.15) is 89.3 Å². The van der Waals surface area contributed by atoms with Gasteiger partial charge in [0.15, 0.2) is 0 Å². The van der Waals surface area contributed by atoms with Gasteiger partial charge >= 0.3 is 0 Å². The molecule has 0 bridgehead atoms. The van der Waals surface area contributed by atoms with Gasteiger partial charge < -0.3 is 20.7 Å². The summed E-state index contributed by atoms with van der Waals surface area (Å²) < 4.78 is 31.0. The summed E-state index contributed by atoms with van der Waals surface area (Å²) in [4.78, 5) is 90.3. The molecular weight excluding hydrogens is 815 g/mol. The summed E-state index contributed by atoms with van der Waals surface area (Å²) in [5.41, 5.74) is 1.37. The molecule has 320 valence electrons. The molecule has 5 N–H and O–H groups in total. The Bertz CT molecular complexity index is 2160. The van der Waals surface area contributed by atoms with Gasteiger partial charge in [-0.15, -0.1) is 11.8 Å². The number of hydrogen-bond donors (Lipinski definition) is 5. The fraction of sp³-hybridized carbons (Fsp3) is 0.488. The van der Waals surface area contributed by atoms with Gasteiger partial charge in [0, 0.05) is 69.5 Å². The predicted molar refractivity (Wildman–Crippen MR) is 220 cm³/mol. The Hall–Kier alpha value is -5.13. The van der Waals surface area contributed by atoms with Gasteiger partial charge in [-0.3, -0.25) is 49.1 Å². The smallest absolute Gasteiger partial charge is 0.263 e. The van der Waals surface area contributed by atoms with Crippen molar-refractivity contribution in [2.45, 2.75) is 75.0 Å². The largest absolute Gasteiger partial charge is 0.381 e. The Balaban J connectivity index is 0.902. The number of nitrogens with one attached hydrogen (secondary N) is 5. The summed E-state index contributed by atoms with van der Waals surface area (Å²) in [5, 5.41) is 14.2. The molecule has 3 fully saturated rings. The van der Waals surface area contributed by atoms with E-state index in [1.807, 2.05) is 30.3 Å². The van der Waals surface area contributed by atoms with E-state index in [0.29, 0.717) is 37.8 Å². The first-order valence-electron chi connectivity index (χ1n) is 20.0. The van der Waals surface area contributed by atoms with E-state index in [9.17, 15) is 42.0 Å². The fourth-order valence-corrected chi connectivity index (χ4v) is 9.39. The molecule has 0 spiro atoms. The van der Waals surface area contributed by atoms with Gasteiger partial charge in [0.2, 0.25) is 39.6 Å². The zero-order chi connectivity index (χ0) is 42.8. The second-order valence-corrected chi connectivity index (χ2v) is 18.1.